The maximum atomic E-state index is 11.9. The molecule has 1 aromatic carbocycles. The Morgan fingerprint density at radius 2 is 1.69 bits per heavy atom. The van der Waals surface area contributed by atoms with Crippen LogP contribution >= 0.6 is 0 Å². The van der Waals surface area contributed by atoms with E-state index in [4.69, 9.17) is 15.1 Å². The Bertz CT molecular complexity index is 1150. The molecule has 186 valence electrons. The number of para-hydroxylation sites is 1. The van der Waals surface area contributed by atoms with Crippen LogP contribution in [0.1, 0.15) is 82.1 Å². The monoisotopic (exact) mass is 475 g/mol. The lowest BCUT2D eigenvalue weighted by atomic mass is 9.88. The number of amides is 2. The van der Waals surface area contributed by atoms with Gasteiger partial charge in [-0.3, -0.25) is 0 Å². The van der Waals surface area contributed by atoms with Crippen LogP contribution in [-0.2, 0) is 0 Å². The highest BCUT2D eigenvalue weighted by atomic mass is 16.2. The molecule has 2 saturated carbocycles. The van der Waals surface area contributed by atoms with Gasteiger partial charge in [-0.2, -0.15) is 5.10 Å². The SMILES string of the molecule is CCNC(=O)NC1CCC(Nc2nc(C3CCCCC3)nc3c2c(C)nn3-c2ccccc2)CC1. The number of aryl methyl sites for hydroxylation is 1. The topological polar surface area (TPSA) is 96.8 Å². The molecule has 0 atom stereocenters. The van der Waals surface area contributed by atoms with Crippen LogP contribution in [0.15, 0.2) is 30.3 Å². The molecule has 5 rings (SSSR count). The maximum absolute atomic E-state index is 11.9. The number of carbonyl (C=O) groups is 1. The molecule has 2 amide bonds. The van der Waals surface area contributed by atoms with Crippen molar-refractivity contribution in [1.82, 2.24) is 30.4 Å². The minimum absolute atomic E-state index is 0.0671. The van der Waals surface area contributed by atoms with Gasteiger partial charge < -0.3 is 16.0 Å². The average molecular weight is 476 g/mol. The molecule has 2 aliphatic rings. The van der Waals surface area contributed by atoms with Crippen molar-refractivity contribution in [2.45, 2.75) is 89.6 Å². The predicted molar refractivity (Wildman–Crippen MR) is 139 cm³/mol. The third-order valence-electron chi connectivity index (χ3n) is 7.43. The van der Waals surface area contributed by atoms with Gasteiger partial charge in [0.2, 0.25) is 0 Å². The van der Waals surface area contributed by atoms with E-state index in [2.05, 4.69) is 28.1 Å². The third-order valence-corrected chi connectivity index (χ3v) is 7.43. The third kappa shape index (κ3) is 5.26. The molecule has 0 spiro atoms. The van der Waals surface area contributed by atoms with E-state index < -0.39 is 0 Å². The molecule has 2 aliphatic carbocycles. The zero-order valence-corrected chi connectivity index (χ0v) is 20.9. The Kier molecular flexibility index (Phi) is 7.16. The highest BCUT2D eigenvalue weighted by molar-refractivity contribution is 5.90. The quantitative estimate of drug-likeness (QED) is 0.455. The van der Waals surface area contributed by atoms with Crippen molar-refractivity contribution in [3.63, 3.8) is 0 Å². The van der Waals surface area contributed by atoms with E-state index in [9.17, 15) is 4.79 Å². The Morgan fingerprint density at radius 1 is 0.971 bits per heavy atom. The summed E-state index contributed by atoms with van der Waals surface area (Å²) in [6.07, 6.45) is 10.0. The lowest BCUT2D eigenvalue weighted by molar-refractivity contribution is 0.232. The molecule has 8 heteroatoms. The second-order valence-electron chi connectivity index (χ2n) is 9.99. The minimum atomic E-state index is -0.0671. The molecule has 3 aromatic rings. The Balaban J connectivity index is 1.43. The first kappa shape index (κ1) is 23.6. The molecule has 3 N–H and O–H groups in total. The minimum Gasteiger partial charge on any atom is -0.367 e. The van der Waals surface area contributed by atoms with Crippen molar-refractivity contribution in [2.24, 2.45) is 0 Å². The van der Waals surface area contributed by atoms with Gasteiger partial charge in [0.05, 0.1) is 16.8 Å². The van der Waals surface area contributed by atoms with Gasteiger partial charge in [-0.1, -0.05) is 37.5 Å². The van der Waals surface area contributed by atoms with E-state index in [0.717, 1.165) is 72.6 Å². The Morgan fingerprint density at radius 3 is 2.40 bits per heavy atom. The van der Waals surface area contributed by atoms with Gasteiger partial charge in [0.25, 0.3) is 0 Å². The van der Waals surface area contributed by atoms with Gasteiger partial charge in [-0.25, -0.2) is 19.4 Å². The van der Waals surface area contributed by atoms with Crippen LogP contribution in [0.4, 0.5) is 10.6 Å². The molecule has 2 heterocycles. The lowest BCUT2D eigenvalue weighted by Crippen LogP contribution is -2.44. The van der Waals surface area contributed by atoms with Crippen LogP contribution in [0.25, 0.3) is 16.7 Å². The van der Waals surface area contributed by atoms with E-state index in [-0.39, 0.29) is 12.1 Å². The van der Waals surface area contributed by atoms with Crippen molar-refractivity contribution in [3.05, 3.63) is 41.9 Å². The van der Waals surface area contributed by atoms with Crippen LogP contribution < -0.4 is 16.0 Å². The van der Waals surface area contributed by atoms with E-state index in [1.54, 1.807) is 0 Å². The van der Waals surface area contributed by atoms with Gasteiger partial charge in [0.15, 0.2) is 5.65 Å². The fraction of sp³-hybridized carbons (Fsp3) is 0.556. The van der Waals surface area contributed by atoms with E-state index in [0.29, 0.717) is 18.5 Å². The highest BCUT2D eigenvalue weighted by Gasteiger charge is 2.27. The number of aromatic nitrogens is 4. The molecule has 0 aliphatic heterocycles. The fourth-order valence-corrected chi connectivity index (χ4v) is 5.57. The second-order valence-corrected chi connectivity index (χ2v) is 9.99. The summed E-state index contributed by atoms with van der Waals surface area (Å²) < 4.78 is 1.97. The zero-order chi connectivity index (χ0) is 24.2. The van der Waals surface area contributed by atoms with E-state index in [1.807, 2.05) is 36.7 Å². The summed E-state index contributed by atoms with van der Waals surface area (Å²) in [7, 11) is 0. The summed E-state index contributed by atoms with van der Waals surface area (Å²) in [6.45, 7) is 4.63. The number of anilines is 1. The van der Waals surface area contributed by atoms with Gasteiger partial charge in [0.1, 0.15) is 11.6 Å². The summed E-state index contributed by atoms with van der Waals surface area (Å²) in [5.41, 5.74) is 2.84. The second kappa shape index (κ2) is 10.6. The molecule has 35 heavy (non-hydrogen) atoms. The molecular weight excluding hydrogens is 438 g/mol. The largest absolute Gasteiger partial charge is 0.367 e. The molecule has 2 fully saturated rings. The van der Waals surface area contributed by atoms with Crippen molar-refractivity contribution >= 4 is 22.9 Å². The molecule has 0 radical (unpaired) electrons. The first-order valence-corrected chi connectivity index (χ1v) is 13.3. The molecule has 0 saturated heterocycles. The number of fused-ring (bicyclic) bond motifs is 1. The van der Waals surface area contributed by atoms with Gasteiger partial charge in [-0.15, -0.1) is 0 Å². The first-order chi connectivity index (χ1) is 17.1. The standard InChI is InChI=1S/C27H37N7O/c1-3-28-27(35)30-21-16-14-20(15-17-21)29-25-23-18(2)33-34(22-12-8-5-9-13-22)26(23)32-24(31-25)19-10-6-4-7-11-19/h5,8-9,12-13,19-21H,3-4,6-7,10-11,14-17H2,1-2H3,(H2,28,30,35)(H,29,31,32). The van der Waals surface area contributed by atoms with Crippen LogP contribution in [-0.4, -0.2) is 44.4 Å². The van der Waals surface area contributed by atoms with E-state index >= 15 is 0 Å². The summed E-state index contributed by atoms with van der Waals surface area (Å²) in [5.74, 6) is 2.27. The van der Waals surface area contributed by atoms with Crippen molar-refractivity contribution in [1.29, 1.82) is 0 Å². The lowest BCUT2D eigenvalue weighted by Gasteiger charge is -2.30. The number of carbonyl (C=O) groups excluding carboxylic acids is 1. The Labute approximate surface area is 207 Å². The maximum Gasteiger partial charge on any atom is 0.314 e. The smallest absolute Gasteiger partial charge is 0.314 e. The van der Waals surface area contributed by atoms with Crippen molar-refractivity contribution in [2.75, 3.05) is 11.9 Å². The Hall–Kier alpha value is -3.16. The normalized spacial score (nSPS) is 21.1. The molecule has 8 nitrogen and oxygen atoms in total. The highest BCUT2D eigenvalue weighted by Crippen LogP contribution is 2.35. The number of hydrogen-bond acceptors (Lipinski definition) is 5. The van der Waals surface area contributed by atoms with E-state index in [1.165, 1.54) is 19.3 Å². The number of nitrogens with one attached hydrogen (secondary N) is 3. The van der Waals surface area contributed by atoms with Crippen LogP contribution in [0.2, 0.25) is 0 Å². The average Bonchev–Trinajstić information content (AvgIpc) is 3.23. The molecule has 0 unspecified atom stereocenters. The van der Waals surface area contributed by atoms with Crippen molar-refractivity contribution < 1.29 is 4.79 Å². The number of nitrogens with zero attached hydrogens (tertiary/aromatic N) is 4. The van der Waals surface area contributed by atoms with Gasteiger partial charge >= 0.3 is 6.03 Å². The summed E-state index contributed by atoms with van der Waals surface area (Å²) in [4.78, 5) is 22.1. The summed E-state index contributed by atoms with van der Waals surface area (Å²) in [5, 5.41) is 15.6. The van der Waals surface area contributed by atoms with Crippen molar-refractivity contribution in [3.8, 4) is 5.69 Å². The van der Waals surface area contributed by atoms with Crippen LogP contribution in [0.3, 0.4) is 0 Å². The van der Waals surface area contributed by atoms with Crippen LogP contribution in [0.5, 0.6) is 0 Å². The summed E-state index contributed by atoms with van der Waals surface area (Å²) >= 11 is 0. The summed E-state index contributed by atoms with van der Waals surface area (Å²) in [6, 6.07) is 10.7. The fourth-order valence-electron chi connectivity index (χ4n) is 5.57. The zero-order valence-electron chi connectivity index (χ0n) is 20.9. The van der Waals surface area contributed by atoms with Gasteiger partial charge in [-0.05, 0) is 64.5 Å². The number of urea groups is 1. The molecular formula is C27H37N7O. The van der Waals surface area contributed by atoms with Gasteiger partial charge in [0, 0.05) is 24.5 Å². The van der Waals surface area contributed by atoms with Crippen LogP contribution in [0, 0.1) is 6.92 Å². The predicted octanol–water partition coefficient (Wildman–Crippen LogP) is 5.21. The number of benzene rings is 1. The number of hydrogen-bond donors (Lipinski definition) is 3. The molecule has 0 bridgehead atoms. The molecule has 2 aromatic heterocycles. The first-order valence-electron chi connectivity index (χ1n) is 13.3. The number of rotatable bonds is 6.